The summed E-state index contributed by atoms with van der Waals surface area (Å²) in [6.45, 7) is 9.41. The molecule has 7 nitrogen and oxygen atoms in total. The molecule has 0 saturated heterocycles. The number of guanidine groups is 1. The number of ether oxygens (including phenoxy) is 1. The molecule has 0 aliphatic carbocycles. The zero-order chi connectivity index (χ0) is 17.9. The zero-order valence-electron chi connectivity index (χ0n) is 15.2. The molecule has 0 spiro atoms. The minimum atomic E-state index is 0.356. The van der Waals surface area contributed by atoms with Crippen molar-refractivity contribution >= 4 is 5.96 Å². The van der Waals surface area contributed by atoms with Gasteiger partial charge in [-0.2, -0.15) is 0 Å². The van der Waals surface area contributed by atoms with Crippen LogP contribution in [0.25, 0.3) is 0 Å². The number of rotatable bonds is 10. The Bertz CT molecular complexity index is 620. The van der Waals surface area contributed by atoms with Gasteiger partial charge in [0.2, 0.25) is 0 Å². The number of aromatic nitrogens is 1. The van der Waals surface area contributed by atoms with E-state index < -0.39 is 0 Å². The number of hydrogen-bond acceptors (Lipinski definition) is 5. The van der Waals surface area contributed by atoms with Gasteiger partial charge in [-0.15, -0.1) is 0 Å². The van der Waals surface area contributed by atoms with Crippen molar-refractivity contribution in [2.75, 3.05) is 19.7 Å². The van der Waals surface area contributed by atoms with Gasteiger partial charge in [-0.05, 0) is 31.4 Å². The summed E-state index contributed by atoms with van der Waals surface area (Å²) in [5.41, 5.74) is 0.955. The highest BCUT2D eigenvalue weighted by Crippen LogP contribution is 2.14. The molecule has 7 heteroatoms. The lowest BCUT2D eigenvalue weighted by Gasteiger charge is -2.10. The largest absolute Gasteiger partial charge is 0.467 e. The molecular formula is C18H28N4O3. The van der Waals surface area contributed by atoms with Gasteiger partial charge in [0.05, 0.1) is 12.0 Å². The van der Waals surface area contributed by atoms with Crippen LogP contribution in [0.15, 0.2) is 38.4 Å². The van der Waals surface area contributed by atoms with Crippen LogP contribution in [-0.2, 0) is 17.9 Å². The van der Waals surface area contributed by atoms with Crippen LogP contribution in [0.4, 0.5) is 0 Å². The van der Waals surface area contributed by atoms with E-state index in [2.05, 4.69) is 34.6 Å². The van der Waals surface area contributed by atoms with Crippen molar-refractivity contribution in [3.8, 4) is 0 Å². The molecule has 2 aromatic rings. The molecule has 0 aliphatic rings. The van der Waals surface area contributed by atoms with Gasteiger partial charge in [0.15, 0.2) is 11.7 Å². The number of aliphatic imine (C=N–C) groups is 1. The molecule has 0 atom stereocenters. The third-order valence-electron chi connectivity index (χ3n) is 3.49. The molecule has 0 unspecified atom stereocenters. The third kappa shape index (κ3) is 7.01. The summed E-state index contributed by atoms with van der Waals surface area (Å²) in [6, 6.07) is 5.72. The van der Waals surface area contributed by atoms with Gasteiger partial charge in [-0.25, -0.2) is 4.99 Å². The molecule has 0 saturated carbocycles. The lowest BCUT2D eigenvalue weighted by molar-refractivity contribution is 0.105. The van der Waals surface area contributed by atoms with Gasteiger partial charge in [0, 0.05) is 25.8 Å². The second-order valence-electron chi connectivity index (χ2n) is 5.98. The number of nitrogens with one attached hydrogen (secondary N) is 2. The molecule has 2 N–H and O–H groups in total. The monoisotopic (exact) mass is 348 g/mol. The minimum Gasteiger partial charge on any atom is -0.467 e. The fourth-order valence-corrected chi connectivity index (χ4v) is 2.12. The molecule has 2 aromatic heterocycles. The van der Waals surface area contributed by atoms with Gasteiger partial charge < -0.3 is 24.3 Å². The van der Waals surface area contributed by atoms with E-state index >= 15 is 0 Å². The first kappa shape index (κ1) is 19.1. The zero-order valence-corrected chi connectivity index (χ0v) is 15.2. The molecule has 138 valence electrons. The lowest BCUT2D eigenvalue weighted by Crippen LogP contribution is -2.38. The minimum absolute atomic E-state index is 0.356. The summed E-state index contributed by atoms with van der Waals surface area (Å²) in [6.07, 6.45) is 2.53. The van der Waals surface area contributed by atoms with Crippen molar-refractivity contribution < 1.29 is 13.7 Å². The van der Waals surface area contributed by atoms with E-state index in [0.717, 1.165) is 42.7 Å². The molecule has 0 aromatic carbocycles. The fraction of sp³-hybridized carbons (Fsp3) is 0.556. The van der Waals surface area contributed by atoms with Crippen molar-refractivity contribution in [1.82, 2.24) is 15.8 Å². The molecular weight excluding hydrogens is 320 g/mol. The fourth-order valence-electron chi connectivity index (χ4n) is 2.12. The Hall–Kier alpha value is -2.28. The predicted molar refractivity (Wildman–Crippen MR) is 96.4 cm³/mol. The number of furan rings is 1. The summed E-state index contributed by atoms with van der Waals surface area (Å²) < 4.78 is 16.1. The molecule has 2 heterocycles. The summed E-state index contributed by atoms with van der Waals surface area (Å²) in [4.78, 5) is 4.52. The average molecular weight is 348 g/mol. The Labute approximate surface area is 148 Å². The smallest absolute Gasteiger partial charge is 0.191 e. The molecule has 0 fully saturated rings. The maximum Gasteiger partial charge on any atom is 0.191 e. The van der Waals surface area contributed by atoms with Gasteiger partial charge in [0.25, 0.3) is 0 Å². The molecule has 25 heavy (non-hydrogen) atoms. The van der Waals surface area contributed by atoms with Crippen LogP contribution in [-0.4, -0.2) is 30.8 Å². The van der Waals surface area contributed by atoms with E-state index in [9.17, 15) is 0 Å². The SMILES string of the molecule is CCNC(=NCc1cc(C(C)C)no1)NCCCOCc1ccco1. The molecule has 0 bridgehead atoms. The summed E-state index contributed by atoms with van der Waals surface area (Å²) >= 11 is 0. The highest BCUT2D eigenvalue weighted by Gasteiger charge is 2.07. The molecule has 0 aliphatic heterocycles. The van der Waals surface area contributed by atoms with E-state index in [1.54, 1.807) is 6.26 Å². The van der Waals surface area contributed by atoms with Crippen LogP contribution in [0, 0.1) is 0 Å². The van der Waals surface area contributed by atoms with Crippen molar-refractivity contribution in [2.45, 2.75) is 46.3 Å². The van der Waals surface area contributed by atoms with Gasteiger partial charge in [-0.3, -0.25) is 0 Å². The first-order valence-electron chi connectivity index (χ1n) is 8.76. The first-order chi connectivity index (χ1) is 12.2. The predicted octanol–water partition coefficient (Wildman–Crippen LogP) is 3.05. The second-order valence-corrected chi connectivity index (χ2v) is 5.98. The maximum atomic E-state index is 5.56. The Morgan fingerprint density at radius 2 is 2.20 bits per heavy atom. The first-order valence-corrected chi connectivity index (χ1v) is 8.76. The summed E-state index contributed by atoms with van der Waals surface area (Å²) in [5.74, 6) is 2.73. The van der Waals surface area contributed by atoms with Crippen LogP contribution in [0.2, 0.25) is 0 Å². The van der Waals surface area contributed by atoms with E-state index in [1.807, 2.05) is 25.1 Å². The standard InChI is InChI=1S/C18H28N4O3/c1-4-19-18(21-12-16-11-17(14(2)3)22-25-16)20-8-6-9-23-13-15-7-5-10-24-15/h5,7,10-11,14H,4,6,8-9,12-13H2,1-3H3,(H2,19,20,21). The lowest BCUT2D eigenvalue weighted by atomic mass is 10.1. The maximum absolute atomic E-state index is 5.56. The van der Waals surface area contributed by atoms with E-state index in [0.29, 0.717) is 25.7 Å². The van der Waals surface area contributed by atoms with Gasteiger partial charge in [0.1, 0.15) is 18.9 Å². The van der Waals surface area contributed by atoms with Gasteiger partial charge >= 0.3 is 0 Å². The summed E-state index contributed by atoms with van der Waals surface area (Å²) in [7, 11) is 0. The van der Waals surface area contributed by atoms with Crippen LogP contribution in [0.3, 0.4) is 0 Å². The Kier molecular flexibility index (Phi) is 8.04. The molecule has 0 amide bonds. The normalized spacial score (nSPS) is 11.9. The Morgan fingerprint density at radius 3 is 2.88 bits per heavy atom. The van der Waals surface area contributed by atoms with E-state index in [4.69, 9.17) is 13.7 Å². The topological polar surface area (TPSA) is 84.8 Å². The number of hydrogen-bond donors (Lipinski definition) is 2. The second kappa shape index (κ2) is 10.6. The van der Waals surface area contributed by atoms with Crippen LogP contribution in [0.1, 0.15) is 50.3 Å². The third-order valence-corrected chi connectivity index (χ3v) is 3.49. The Balaban J connectivity index is 1.67. The molecule has 0 radical (unpaired) electrons. The highest BCUT2D eigenvalue weighted by molar-refractivity contribution is 5.79. The highest BCUT2D eigenvalue weighted by atomic mass is 16.5. The Morgan fingerprint density at radius 1 is 1.32 bits per heavy atom. The molecule has 2 rings (SSSR count). The van der Waals surface area contributed by atoms with E-state index in [-0.39, 0.29) is 0 Å². The van der Waals surface area contributed by atoms with Crippen LogP contribution < -0.4 is 10.6 Å². The summed E-state index contributed by atoms with van der Waals surface area (Å²) in [5, 5.41) is 10.6. The van der Waals surface area contributed by atoms with Crippen molar-refractivity contribution in [3.05, 3.63) is 41.7 Å². The average Bonchev–Trinajstić information content (AvgIpc) is 3.27. The van der Waals surface area contributed by atoms with Gasteiger partial charge in [-0.1, -0.05) is 19.0 Å². The number of nitrogens with zero attached hydrogens (tertiary/aromatic N) is 2. The van der Waals surface area contributed by atoms with Crippen molar-refractivity contribution in [3.63, 3.8) is 0 Å². The van der Waals surface area contributed by atoms with Crippen LogP contribution in [0.5, 0.6) is 0 Å². The van der Waals surface area contributed by atoms with Crippen molar-refractivity contribution in [2.24, 2.45) is 4.99 Å². The van der Waals surface area contributed by atoms with E-state index in [1.165, 1.54) is 0 Å². The van der Waals surface area contributed by atoms with Crippen LogP contribution >= 0.6 is 0 Å². The quantitative estimate of drug-likeness (QED) is 0.390. The van der Waals surface area contributed by atoms with Crippen molar-refractivity contribution in [1.29, 1.82) is 0 Å².